The lowest BCUT2D eigenvalue weighted by molar-refractivity contribution is -0.139. The van der Waals surface area contributed by atoms with Gasteiger partial charge in [-0.2, -0.15) is 9.97 Å². The van der Waals surface area contributed by atoms with Crippen LogP contribution < -0.4 is 16.2 Å². The Bertz CT molecular complexity index is 976. The Hall–Kier alpha value is -2.54. The van der Waals surface area contributed by atoms with Crippen molar-refractivity contribution >= 4 is 28.7 Å². The average Bonchev–Trinajstić information content (AvgIpc) is 3.36. The Labute approximate surface area is 186 Å². The number of imidazole rings is 1. The SMILES string of the molecule is CN(NCC(=O)[C@@H](O)[C@@H](O)[C@H](O)CO)c1nc(N)c2ncn([C@@H]3O[C@H](CO)[C@@H](O)[C@H]3O)c2n1. The summed E-state index contributed by atoms with van der Waals surface area (Å²) in [5, 5.41) is 68.4. The second-order valence-electron chi connectivity index (χ2n) is 7.51. The van der Waals surface area contributed by atoms with E-state index in [1.54, 1.807) is 0 Å². The molecule has 3 heterocycles. The van der Waals surface area contributed by atoms with E-state index in [1.165, 1.54) is 23.0 Å². The summed E-state index contributed by atoms with van der Waals surface area (Å²) in [6.07, 6.45) is -9.07. The predicted octanol–water partition coefficient (Wildman–Crippen LogP) is -5.40. The molecule has 3 rings (SSSR count). The molecular weight excluding hydrogens is 446 g/mol. The van der Waals surface area contributed by atoms with Gasteiger partial charge < -0.3 is 46.2 Å². The number of nitrogens with two attached hydrogens (primary N) is 1. The van der Waals surface area contributed by atoms with Gasteiger partial charge >= 0.3 is 0 Å². The van der Waals surface area contributed by atoms with Gasteiger partial charge in [0.15, 0.2) is 23.5 Å². The van der Waals surface area contributed by atoms with E-state index in [9.17, 15) is 35.4 Å². The molecule has 1 saturated heterocycles. The minimum Gasteiger partial charge on any atom is -0.394 e. The lowest BCUT2D eigenvalue weighted by Crippen LogP contribution is -2.49. The van der Waals surface area contributed by atoms with Crippen molar-refractivity contribution in [2.75, 3.05) is 37.5 Å². The zero-order chi connectivity index (χ0) is 24.4. The van der Waals surface area contributed by atoms with Crippen LogP contribution in [0.4, 0.5) is 11.8 Å². The number of aromatic nitrogens is 4. The standard InChI is InChI=1S/C17H27N7O9/c1-23(20-2-6(27)10(29)11(30)7(28)3-25)17-21-14(18)9-15(22-17)24(5-19-9)16-13(32)12(31)8(4-26)33-16/h5,7-8,10-13,16,20,25-26,28-32H,2-4H2,1H3,(H2,18,21,22)/t7-,8-,10-,11+,12-,13-,16-/m1/s1. The van der Waals surface area contributed by atoms with Gasteiger partial charge in [0.05, 0.1) is 26.1 Å². The lowest BCUT2D eigenvalue weighted by Gasteiger charge is -2.23. The fourth-order valence-corrected chi connectivity index (χ4v) is 3.25. The van der Waals surface area contributed by atoms with Crippen LogP contribution in [0.3, 0.4) is 0 Å². The molecule has 1 aliphatic rings. The van der Waals surface area contributed by atoms with Gasteiger partial charge in [-0.05, 0) is 0 Å². The number of anilines is 2. The van der Waals surface area contributed by atoms with Crippen LogP contribution >= 0.6 is 0 Å². The van der Waals surface area contributed by atoms with Crippen molar-refractivity contribution in [1.82, 2.24) is 24.9 Å². The minimum atomic E-state index is -1.95. The highest BCUT2D eigenvalue weighted by atomic mass is 16.6. The Kier molecular flexibility index (Phi) is 7.73. The molecule has 16 heteroatoms. The smallest absolute Gasteiger partial charge is 0.243 e. The zero-order valence-corrected chi connectivity index (χ0v) is 17.5. The van der Waals surface area contributed by atoms with E-state index >= 15 is 0 Å². The third-order valence-corrected chi connectivity index (χ3v) is 5.25. The molecule has 0 aromatic carbocycles. The zero-order valence-electron chi connectivity index (χ0n) is 17.5. The number of Topliss-reactive ketones (excluding diaryl/α,β-unsaturated/α-hetero) is 1. The summed E-state index contributed by atoms with van der Waals surface area (Å²) in [6, 6.07) is 0. The Balaban J connectivity index is 1.77. The molecule has 0 radical (unpaired) electrons. The number of fused-ring (bicyclic) bond motifs is 1. The first-order valence-corrected chi connectivity index (χ1v) is 9.88. The van der Waals surface area contributed by atoms with Crippen molar-refractivity contribution in [3.8, 4) is 0 Å². The van der Waals surface area contributed by atoms with Crippen LogP contribution in [0.25, 0.3) is 11.2 Å². The van der Waals surface area contributed by atoms with Crippen LogP contribution in [0.2, 0.25) is 0 Å². The number of aliphatic hydroxyl groups is 7. The summed E-state index contributed by atoms with van der Waals surface area (Å²) in [5.74, 6) is -0.957. The quantitative estimate of drug-likeness (QED) is 0.146. The second kappa shape index (κ2) is 10.2. The molecule has 0 aliphatic carbocycles. The normalized spacial score (nSPS) is 25.8. The molecule has 2 aromatic heterocycles. The second-order valence-corrected chi connectivity index (χ2v) is 7.51. The molecule has 0 saturated carbocycles. The molecule has 0 bridgehead atoms. The first-order valence-electron chi connectivity index (χ1n) is 9.88. The van der Waals surface area contributed by atoms with E-state index in [4.69, 9.17) is 15.6 Å². The number of rotatable bonds is 10. The maximum absolute atomic E-state index is 12.1. The van der Waals surface area contributed by atoms with Gasteiger partial charge in [0.2, 0.25) is 5.95 Å². The van der Waals surface area contributed by atoms with Gasteiger partial charge in [0.25, 0.3) is 0 Å². The van der Waals surface area contributed by atoms with E-state index in [0.717, 1.165) is 0 Å². The summed E-state index contributed by atoms with van der Waals surface area (Å²) < 4.78 is 6.81. The van der Waals surface area contributed by atoms with Crippen LogP contribution in [-0.2, 0) is 9.53 Å². The van der Waals surface area contributed by atoms with Crippen molar-refractivity contribution in [3.05, 3.63) is 6.33 Å². The van der Waals surface area contributed by atoms with Crippen molar-refractivity contribution in [3.63, 3.8) is 0 Å². The van der Waals surface area contributed by atoms with Crippen LogP contribution in [0.1, 0.15) is 6.23 Å². The maximum atomic E-state index is 12.1. The number of ether oxygens (including phenoxy) is 1. The van der Waals surface area contributed by atoms with Gasteiger partial charge in [-0.3, -0.25) is 14.4 Å². The molecule has 7 atom stereocenters. The van der Waals surface area contributed by atoms with E-state index in [-0.39, 0.29) is 22.9 Å². The Morgan fingerprint density at radius 3 is 2.58 bits per heavy atom. The van der Waals surface area contributed by atoms with Gasteiger partial charge in [-0.15, -0.1) is 0 Å². The molecule has 0 amide bonds. The number of hydrogen-bond acceptors (Lipinski definition) is 15. The monoisotopic (exact) mass is 473 g/mol. The fourth-order valence-electron chi connectivity index (χ4n) is 3.25. The van der Waals surface area contributed by atoms with Crippen molar-refractivity contribution in [1.29, 1.82) is 0 Å². The first kappa shape index (κ1) is 25.1. The largest absolute Gasteiger partial charge is 0.394 e. The van der Waals surface area contributed by atoms with Gasteiger partial charge in [0, 0.05) is 7.05 Å². The third kappa shape index (κ3) is 4.88. The highest BCUT2D eigenvalue weighted by Gasteiger charge is 2.44. The summed E-state index contributed by atoms with van der Waals surface area (Å²) in [5.41, 5.74) is 8.86. The van der Waals surface area contributed by atoms with E-state index < -0.39 is 68.4 Å². The van der Waals surface area contributed by atoms with Crippen LogP contribution in [-0.4, -0.2) is 124 Å². The molecular formula is C17H27N7O9. The highest BCUT2D eigenvalue weighted by Crippen LogP contribution is 2.32. The fraction of sp³-hybridized carbons (Fsp3) is 0.647. The highest BCUT2D eigenvalue weighted by molar-refractivity contribution is 5.86. The van der Waals surface area contributed by atoms with Gasteiger partial charge in [-0.1, -0.05) is 0 Å². The van der Waals surface area contributed by atoms with Crippen molar-refractivity contribution < 1.29 is 45.3 Å². The summed E-state index contributed by atoms with van der Waals surface area (Å²) >= 11 is 0. The summed E-state index contributed by atoms with van der Waals surface area (Å²) in [7, 11) is 1.44. The number of nitrogens with one attached hydrogen (secondary N) is 1. The molecule has 2 aromatic rings. The number of hydrazine groups is 1. The van der Waals surface area contributed by atoms with E-state index in [1.807, 2.05) is 0 Å². The molecule has 16 nitrogen and oxygen atoms in total. The van der Waals surface area contributed by atoms with E-state index in [0.29, 0.717) is 0 Å². The van der Waals surface area contributed by atoms with Crippen LogP contribution in [0, 0.1) is 0 Å². The number of ketones is 1. The number of nitrogens with zero attached hydrogens (tertiary/aromatic N) is 5. The molecule has 0 unspecified atom stereocenters. The molecule has 10 N–H and O–H groups in total. The molecule has 33 heavy (non-hydrogen) atoms. The molecule has 184 valence electrons. The van der Waals surface area contributed by atoms with Crippen LogP contribution in [0.5, 0.6) is 0 Å². The first-order chi connectivity index (χ1) is 15.6. The minimum absolute atomic E-state index is 0.0354. The van der Waals surface area contributed by atoms with Gasteiger partial charge in [-0.25, -0.2) is 10.4 Å². The molecule has 0 spiro atoms. The van der Waals surface area contributed by atoms with Crippen molar-refractivity contribution in [2.45, 2.75) is 42.9 Å². The topological polar surface area (TPSA) is 253 Å². The van der Waals surface area contributed by atoms with Crippen molar-refractivity contribution in [2.24, 2.45) is 0 Å². The maximum Gasteiger partial charge on any atom is 0.243 e. The van der Waals surface area contributed by atoms with E-state index in [2.05, 4.69) is 20.4 Å². The molecule has 1 fully saturated rings. The molecule has 1 aliphatic heterocycles. The number of carbonyl (C=O) groups excluding carboxylic acids is 1. The lowest BCUT2D eigenvalue weighted by atomic mass is 10.1. The number of hydrogen-bond donors (Lipinski definition) is 9. The van der Waals surface area contributed by atoms with Gasteiger partial charge in [0.1, 0.15) is 42.1 Å². The average molecular weight is 473 g/mol. The summed E-state index contributed by atoms with van der Waals surface area (Å²) in [4.78, 5) is 24.5. The number of carbonyl (C=O) groups is 1. The Morgan fingerprint density at radius 2 is 1.97 bits per heavy atom. The number of aliphatic hydroxyl groups excluding tert-OH is 7. The van der Waals surface area contributed by atoms with Crippen LogP contribution in [0.15, 0.2) is 6.33 Å². The number of nitrogen functional groups attached to an aromatic ring is 1. The summed E-state index contributed by atoms with van der Waals surface area (Å²) in [6.45, 7) is -1.85. The Morgan fingerprint density at radius 1 is 1.27 bits per heavy atom. The predicted molar refractivity (Wildman–Crippen MR) is 109 cm³/mol. The third-order valence-electron chi connectivity index (χ3n) is 5.25.